The van der Waals surface area contributed by atoms with Crippen LogP contribution in [0.1, 0.15) is 6.92 Å². The van der Waals surface area contributed by atoms with Crippen LogP contribution < -0.4 is 4.72 Å². The van der Waals surface area contributed by atoms with E-state index < -0.39 is 22.0 Å². The van der Waals surface area contributed by atoms with Gasteiger partial charge in [-0.1, -0.05) is 0 Å². The summed E-state index contributed by atoms with van der Waals surface area (Å²) in [6.45, 7) is 1.26. The van der Waals surface area contributed by atoms with E-state index >= 15 is 0 Å². The minimum atomic E-state index is -3.89. The van der Waals surface area contributed by atoms with Gasteiger partial charge in [-0.25, -0.2) is 13.4 Å². The number of pyridine rings is 1. The van der Waals surface area contributed by atoms with E-state index in [1.807, 2.05) is 0 Å². The number of carboxylic acid groups (broad SMARTS) is 1. The highest BCUT2D eigenvalue weighted by Crippen LogP contribution is 2.20. The van der Waals surface area contributed by atoms with Crippen LogP contribution in [0.5, 0.6) is 0 Å². The van der Waals surface area contributed by atoms with Crippen molar-refractivity contribution < 1.29 is 18.3 Å². The second-order valence-electron chi connectivity index (χ2n) is 3.73. The second kappa shape index (κ2) is 4.39. The van der Waals surface area contributed by atoms with E-state index in [0.717, 1.165) is 0 Å². The maximum atomic E-state index is 12.0. The molecule has 18 heavy (non-hydrogen) atoms. The minimum Gasteiger partial charge on any atom is -0.480 e. The van der Waals surface area contributed by atoms with Crippen molar-refractivity contribution in [2.75, 3.05) is 0 Å². The molecule has 0 radical (unpaired) electrons. The fourth-order valence-electron chi connectivity index (χ4n) is 1.50. The summed E-state index contributed by atoms with van der Waals surface area (Å²) in [5.74, 6) is -1.24. The average Bonchev–Trinajstić information content (AvgIpc) is 2.72. The first kappa shape index (κ1) is 12.5. The van der Waals surface area contributed by atoms with Gasteiger partial charge in [-0.2, -0.15) is 4.72 Å². The second-order valence-corrected chi connectivity index (χ2v) is 5.42. The van der Waals surface area contributed by atoms with Crippen LogP contribution in [0.15, 0.2) is 29.4 Å². The fraction of sp³-hybridized carbons (Fsp3) is 0.200. The van der Waals surface area contributed by atoms with Gasteiger partial charge in [0.15, 0.2) is 0 Å². The lowest BCUT2D eigenvalue weighted by Crippen LogP contribution is -2.38. The van der Waals surface area contributed by atoms with Crippen molar-refractivity contribution >= 4 is 27.0 Å². The lowest BCUT2D eigenvalue weighted by molar-refractivity contribution is -0.138. The first-order valence-electron chi connectivity index (χ1n) is 5.09. The molecule has 1 unspecified atom stereocenters. The van der Waals surface area contributed by atoms with Crippen LogP contribution in [0.4, 0.5) is 0 Å². The number of carboxylic acids is 1. The molecule has 0 saturated carbocycles. The summed E-state index contributed by atoms with van der Waals surface area (Å²) in [5, 5.41) is 9.13. The molecule has 8 heteroatoms. The van der Waals surface area contributed by atoms with Crippen LogP contribution in [0, 0.1) is 0 Å². The number of fused-ring (bicyclic) bond motifs is 1. The van der Waals surface area contributed by atoms with E-state index in [2.05, 4.69) is 14.7 Å². The monoisotopic (exact) mass is 269 g/mol. The van der Waals surface area contributed by atoms with Crippen molar-refractivity contribution in [3.8, 4) is 0 Å². The molecule has 0 fully saturated rings. The highest BCUT2D eigenvalue weighted by Gasteiger charge is 2.24. The number of aromatic amines is 1. The first-order valence-corrected chi connectivity index (χ1v) is 6.57. The zero-order valence-electron chi connectivity index (χ0n) is 9.41. The SMILES string of the molecule is CC(NS(=O)(=O)c1c[nH]c2ncccc12)C(=O)O. The molecule has 1 atom stereocenters. The van der Waals surface area contributed by atoms with E-state index in [1.165, 1.54) is 19.3 Å². The van der Waals surface area contributed by atoms with Crippen LogP contribution in [-0.2, 0) is 14.8 Å². The average molecular weight is 269 g/mol. The number of sulfonamides is 1. The number of H-pyrrole nitrogens is 1. The van der Waals surface area contributed by atoms with Crippen molar-refractivity contribution in [3.05, 3.63) is 24.5 Å². The van der Waals surface area contributed by atoms with Crippen molar-refractivity contribution in [2.45, 2.75) is 17.9 Å². The van der Waals surface area contributed by atoms with Gasteiger partial charge in [0.2, 0.25) is 10.0 Å². The van der Waals surface area contributed by atoms with Gasteiger partial charge in [-0.3, -0.25) is 4.79 Å². The molecular weight excluding hydrogens is 258 g/mol. The first-order chi connectivity index (χ1) is 8.42. The predicted octanol–water partition coefficient (Wildman–Crippen LogP) is 0.314. The van der Waals surface area contributed by atoms with Gasteiger partial charge in [0.05, 0.1) is 0 Å². The van der Waals surface area contributed by atoms with Crippen LogP contribution >= 0.6 is 0 Å². The molecule has 2 rings (SSSR count). The van der Waals surface area contributed by atoms with Crippen molar-refractivity contribution in [2.24, 2.45) is 0 Å². The standard InChI is InChI=1S/C10H11N3O4S/c1-6(10(14)15)13-18(16,17)8-5-12-9-7(8)3-2-4-11-9/h2-6,13H,1H3,(H,11,12)(H,14,15). The minimum absolute atomic E-state index is 0.0151. The lowest BCUT2D eigenvalue weighted by Gasteiger charge is -2.09. The molecule has 0 aliphatic heterocycles. The van der Waals surface area contributed by atoms with Crippen molar-refractivity contribution in [1.82, 2.24) is 14.7 Å². The van der Waals surface area contributed by atoms with Crippen LogP contribution in [-0.4, -0.2) is 35.5 Å². The molecule has 0 amide bonds. The number of hydrogen-bond acceptors (Lipinski definition) is 4. The summed E-state index contributed by atoms with van der Waals surface area (Å²) in [6.07, 6.45) is 2.82. The van der Waals surface area contributed by atoms with E-state index in [4.69, 9.17) is 5.11 Å². The largest absolute Gasteiger partial charge is 0.480 e. The number of aromatic nitrogens is 2. The Morgan fingerprint density at radius 1 is 1.56 bits per heavy atom. The Bertz CT molecular complexity index is 692. The Morgan fingerprint density at radius 3 is 2.94 bits per heavy atom. The summed E-state index contributed by atoms with van der Waals surface area (Å²) in [6, 6.07) is 2.01. The Balaban J connectivity index is 2.44. The zero-order valence-corrected chi connectivity index (χ0v) is 10.2. The third-order valence-electron chi connectivity index (χ3n) is 2.41. The molecule has 3 N–H and O–H groups in total. The highest BCUT2D eigenvalue weighted by atomic mass is 32.2. The summed E-state index contributed by atoms with van der Waals surface area (Å²) in [4.78, 5) is 17.3. The van der Waals surface area contributed by atoms with E-state index in [0.29, 0.717) is 11.0 Å². The Kier molecular flexibility index (Phi) is 3.05. The van der Waals surface area contributed by atoms with Gasteiger partial charge in [0.25, 0.3) is 0 Å². The van der Waals surface area contributed by atoms with Gasteiger partial charge >= 0.3 is 5.97 Å². The summed E-state index contributed by atoms with van der Waals surface area (Å²) >= 11 is 0. The Labute approximate surface area is 103 Å². The number of hydrogen-bond donors (Lipinski definition) is 3. The maximum absolute atomic E-state index is 12.0. The van der Waals surface area contributed by atoms with Gasteiger partial charge in [0, 0.05) is 17.8 Å². The topological polar surface area (TPSA) is 112 Å². The molecule has 96 valence electrons. The van der Waals surface area contributed by atoms with E-state index in [9.17, 15) is 13.2 Å². The van der Waals surface area contributed by atoms with Gasteiger partial charge in [-0.05, 0) is 19.1 Å². The lowest BCUT2D eigenvalue weighted by atomic mass is 10.3. The molecule has 0 saturated heterocycles. The summed E-state index contributed by atoms with van der Waals surface area (Å²) in [5.41, 5.74) is 0.431. The van der Waals surface area contributed by atoms with Gasteiger partial charge in [0.1, 0.15) is 16.6 Å². The molecule has 7 nitrogen and oxygen atoms in total. The molecule has 2 aromatic rings. The molecule has 2 aromatic heterocycles. The van der Waals surface area contributed by atoms with Crippen LogP contribution in [0.25, 0.3) is 11.0 Å². The Hall–Kier alpha value is -1.93. The number of rotatable bonds is 4. The Morgan fingerprint density at radius 2 is 2.28 bits per heavy atom. The number of nitrogens with zero attached hydrogens (tertiary/aromatic N) is 1. The van der Waals surface area contributed by atoms with Gasteiger partial charge in [-0.15, -0.1) is 0 Å². The highest BCUT2D eigenvalue weighted by molar-refractivity contribution is 7.89. The normalized spacial score (nSPS) is 13.6. The van der Waals surface area contributed by atoms with E-state index in [1.54, 1.807) is 12.1 Å². The third-order valence-corrected chi connectivity index (χ3v) is 3.99. The van der Waals surface area contributed by atoms with Crippen molar-refractivity contribution in [3.63, 3.8) is 0 Å². The molecule has 0 aliphatic carbocycles. The van der Waals surface area contributed by atoms with Crippen molar-refractivity contribution in [1.29, 1.82) is 0 Å². The quantitative estimate of drug-likeness (QED) is 0.739. The zero-order chi connectivity index (χ0) is 13.3. The molecule has 0 aromatic carbocycles. The third kappa shape index (κ3) is 2.20. The molecule has 0 aliphatic rings. The molecular formula is C10H11N3O4S. The molecule has 0 spiro atoms. The predicted molar refractivity (Wildman–Crippen MR) is 63.5 cm³/mol. The number of aliphatic carboxylic acids is 1. The summed E-state index contributed by atoms with van der Waals surface area (Å²) < 4.78 is 26.1. The number of nitrogens with one attached hydrogen (secondary N) is 2. The maximum Gasteiger partial charge on any atom is 0.321 e. The van der Waals surface area contributed by atoms with Crippen LogP contribution in [0.2, 0.25) is 0 Å². The molecule has 0 bridgehead atoms. The van der Waals surface area contributed by atoms with E-state index in [-0.39, 0.29) is 4.90 Å². The summed E-state index contributed by atoms with van der Waals surface area (Å²) in [7, 11) is -3.89. The fourth-order valence-corrected chi connectivity index (χ4v) is 2.86. The van der Waals surface area contributed by atoms with Crippen LogP contribution in [0.3, 0.4) is 0 Å². The van der Waals surface area contributed by atoms with Gasteiger partial charge < -0.3 is 10.1 Å². The number of carbonyl (C=O) groups is 1. The smallest absolute Gasteiger partial charge is 0.321 e. The molecule has 2 heterocycles.